The number of hydrogen-bond donors (Lipinski definition) is 1. The van der Waals surface area contributed by atoms with Gasteiger partial charge in [-0.3, -0.25) is 9.78 Å². The topological polar surface area (TPSA) is 59.4 Å². The zero-order valence-corrected chi connectivity index (χ0v) is 20.4. The van der Waals surface area contributed by atoms with E-state index in [2.05, 4.69) is 62.2 Å². The summed E-state index contributed by atoms with van der Waals surface area (Å²) in [5.41, 5.74) is 3.77. The minimum absolute atomic E-state index is 0.139. The number of carboxylic acids is 1. The molecule has 2 aliphatic carbocycles. The van der Waals surface area contributed by atoms with Crippen LogP contribution in [-0.2, 0) is 11.2 Å². The summed E-state index contributed by atoms with van der Waals surface area (Å²) in [4.78, 5) is 15.9. The lowest BCUT2D eigenvalue weighted by Crippen LogP contribution is -2.30. The molecule has 2 aromatic rings. The van der Waals surface area contributed by atoms with Gasteiger partial charge in [-0.25, -0.2) is 0 Å². The molecule has 1 aromatic heterocycles. The van der Waals surface area contributed by atoms with Gasteiger partial charge in [-0.15, -0.1) is 0 Å². The molecule has 0 radical (unpaired) electrons. The molecule has 2 atom stereocenters. The first kappa shape index (κ1) is 23.8. The van der Waals surface area contributed by atoms with Crippen molar-refractivity contribution < 1.29 is 14.6 Å². The summed E-state index contributed by atoms with van der Waals surface area (Å²) >= 11 is 0. The molecule has 2 aliphatic rings. The summed E-state index contributed by atoms with van der Waals surface area (Å²) < 4.78 is 6.25. The molecule has 2 unspecified atom stereocenters. The molecule has 0 aliphatic heterocycles. The molecule has 0 spiro atoms. The van der Waals surface area contributed by atoms with Crippen molar-refractivity contribution in [3.63, 3.8) is 0 Å². The first-order valence-corrected chi connectivity index (χ1v) is 12.7. The second-order valence-electron chi connectivity index (χ2n) is 11.3. The number of carbonyl (C=O) groups is 1. The normalized spacial score (nSPS) is 25.7. The van der Waals surface area contributed by atoms with Gasteiger partial charge in [0.15, 0.2) is 0 Å². The Morgan fingerprint density at radius 2 is 1.85 bits per heavy atom. The quantitative estimate of drug-likeness (QED) is 0.487. The Kier molecular flexibility index (Phi) is 7.41. The van der Waals surface area contributed by atoms with Crippen molar-refractivity contribution in [2.45, 2.75) is 84.7 Å². The van der Waals surface area contributed by atoms with E-state index in [1.807, 2.05) is 6.20 Å². The molecule has 2 saturated carbocycles. The summed E-state index contributed by atoms with van der Waals surface area (Å²) in [5, 5.41) is 9.21. The SMILES string of the molecule is CC(C)(C)C1CCC(Oc2ccc(-c3cccc(CCC4CCC(C(=O)O)C4)c3)nc2)CC1. The van der Waals surface area contributed by atoms with Gasteiger partial charge in [0.1, 0.15) is 5.75 Å². The Bertz CT molecular complexity index is 923. The molecule has 1 heterocycles. The zero-order valence-electron chi connectivity index (χ0n) is 20.4. The van der Waals surface area contributed by atoms with Crippen molar-refractivity contribution in [1.29, 1.82) is 0 Å². The van der Waals surface area contributed by atoms with Crippen molar-refractivity contribution in [1.82, 2.24) is 4.98 Å². The van der Waals surface area contributed by atoms with Gasteiger partial charge in [0.2, 0.25) is 0 Å². The van der Waals surface area contributed by atoms with Gasteiger partial charge in [0, 0.05) is 5.56 Å². The lowest BCUT2D eigenvalue weighted by Gasteiger charge is -2.36. The van der Waals surface area contributed by atoms with Crippen LogP contribution in [0.5, 0.6) is 5.75 Å². The summed E-state index contributed by atoms with van der Waals surface area (Å²) in [7, 11) is 0. The van der Waals surface area contributed by atoms with Crippen LogP contribution in [0.4, 0.5) is 0 Å². The number of ether oxygens (including phenoxy) is 1. The van der Waals surface area contributed by atoms with Crippen LogP contribution in [0.25, 0.3) is 11.3 Å². The van der Waals surface area contributed by atoms with Crippen LogP contribution in [0, 0.1) is 23.2 Å². The third-order valence-corrected chi connectivity index (χ3v) is 7.89. The second kappa shape index (κ2) is 10.3. The molecule has 178 valence electrons. The second-order valence-corrected chi connectivity index (χ2v) is 11.3. The maximum absolute atomic E-state index is 11.2. The predicted octanol–water partition coefficient (Wildman–Crippen LogP) is 7.17. The van der Waals surface area contributed by atoms with E-state index >= 15 is 0 Å². The molecule has 1 N–H and O–H groups in total. The highest BCUT2D eigenvalue weighted by Gasteiger charge is 2.31. The van der Waals surface area contributed by atoms with Gasteiger partial charge in [0.05, 0.1) is 23.9 Å². The fraction of sp³-hybridized carbons (Fsp3) is 0.586. The third-order valence-electron chi connectivity index (χ3n) is 7.89. The average Bonchev–Trinajstić information content (AvgIpc) is 3.28. The van der Waals surface area contributed by atoms with Crippen LogP contribution >= 0.6 is 0 Å². The maximum atomic E-state index is 11.2. The van der Waals surface area contributed by atoms with E-state index in [1.54, 1.807) is 0 Å². The molecule has 0 amide bonds. The number of carboxylic acid groups (broad SMARTS) is 1. The first-order valence-electron chi connectivity index (χ1n) is 12.7. The van der Waals surface area contributed by atoms with Gasteiger partial charge >= 0.3 is 5.97 Å². The molecule has 4 heteroatoms. The fourth-order valence-corrected chi connectivity index (χ4v) is 5.68. The smallest absolute Gasteiger partial charge is 0.306 e. The zero-order chi connectivity index (χ0) is 23.4. The lowest BCUT2D eigenvalue weighted by atomic mass is 9.72. The molecule has 0 bridgehead atoms. The molecule has 4 rings (SSSR count). The van der Waals surface area contributed by atoms with E-state index < -0.39 is 5.97 Å². The molecule has 0 saturated heterocycles. The van der Waals surface area contributed by atoms with Crippen molar-refractivity contribution in [3.8, 4) is 17.0 Å². The van der Waals surface area contributed by atoms with Crippen molar-refractivity contribution in [2.75, 3.05) is 0 Å². The summed E-state index contributed by atoms with van der Waals surface area (Å²) in [5.74, 6) is 1.42. The van der Waals surface area contributed by atoms with Crippen LogP contribution in [0.2, 0.25) is 0 Å². The molecule has 33 heavy (non-hydrogen) atoms. The first-order chi connectivity index (χ1) is 15.8. The summed E-state index contributed by atoms with van der Waals surface area (Å²) in [6.07, 6.45) is 11.6. The van der Waals surface area contributed by atoms with Crippen LogP contribution in [-0.4, -0.2) is 22.2 Å². The van der Waals surface area contributed by atoms with Crippen LogP contribution in [0.1, 0.15) is 77.7 Å². The van der Waals surface area contributed by atoms with Crippen LogP contribution in [0.15, 0.2) is 42.6 Å². The Morgan fingerprint density at radius 3 is 2.48 bits per heavy atom. The summed E-state index contributed by atoms with van der Waals surface area (Å²) in [6.45, 7) is 7.04. The number of aryl methyl sites for hydroxylation is 1. The maximum Gasteiger partial charge on any atom is 0.306 e. The largest absolute Gasteiger partial charge is 0.489 e. The minimum atomic E-state index is -0.629. The van der Waals surface area contributed by atoms with Gasteiger partial charge in [-0.1, -0.05) is 39.0 Å². The average molecular weight is 450 g/mol. The van der Waals surface area contributed by atoms with E-state index in [-0.39, 0.29) is 5.92 Å². The van der Waals surface area contributed by atoms with Crippen LogP contribution < -0.4 is 4.74 Å². The molecule has 1 aromatic carbocycles. The standard InChI is InChI=1S/C29H39NO3/c1-29(2,3)24-11-13-25(14-12-24)33-26-15-16-27(30-19-26)22-6-4-5-20(17-22)7-8-21-9-10-23(18-21)28(31)32/h4-6,15-17,19,21,23-25H,7-14,18H2,1-3H3,(H,31,32). The van der Waals surface area contributed by atoms with Crippen molar-refractivity contribution in [2.24, 2.45) is 23.2 Å². The number of aromatic nitrogens is 1. The van der Waals surface area contributed by atoms with Crippen molar-refractivity contribution in [3.05, 3.63) is 48.2 Å². The molecule has 4 nitrogen and oxygen atoms in total. The van der Waals surface area contributed by atoms with E-state index in [9.17, 15) is 9.90 Å². The highest BCUT2D eigenvalue weighted by Crippen LogP contribution is 2.39. The highest BCUT2D eigenvalue weighted by atomic mass is 16.5. The third kappa shape index (κ3) is 6.37. The number of rotatable bonds is 7. The van der Waals surface area contributed by atoms with Crippen LogP contribution in [0.3, 0.4) is 0 Å². The molecular weight excluding hydrogens is 410 g/mol. The van der Waals surface area contributed by atoms with E-state index in [0.717, 1.165) is 67.9 Å². The Morgan fingerprint density at radius 1 is 1.06 bits per heavy atom. The number of pyridine rings is 1. The monoisotopic (exact) mass is 449 g/mol. The van der Waals surface area contributed by atoms with E-state index in [0.29, 0.717) is 17.4 Å². The summed E-state index contributed by atoms with van der Waals surface area (Å²) in [6, 6.07) is 12.7. The number of aliphatic carboxylic acids is 1. The van der Waals surface area contributed by atoms with Gasteiger partial charge in [-0.05, 0) is 98.8 Å². The Labute approximate surface area is 198 Å². The number of nitrogens with zero attached hydrogens (tertiary/aromatic N) is 1. The molecule has 2 fully saturated rings. The van der Waals surface area contributed by atoms with Gasteiger partial charge in [-0.2, -0.15) is 0 Å². The van der Waals surface area contributed by atoms with E-state index in [1.165, 1.54) is 18.4 Å². The Hall–Kier alpha value is -2.36. The minimum Gasteiger partial charge on any atom is -0.489 e. The van der Waals surface area contributed by atoms with Gasteiger partial charge in [0.25, 0.3) is 0 Å². The van der Waals surface area contributed by atoms with Crippen molar-refractivity contribution >= 4 is 5.97 Å². The lowest BCUT2D eigenvalue weighted by molar-refractivity contribution is -0.141. The van der Waals surface area contributed by atoms with E-state index in [4.69, 9.17) is 4.74 Å². The Balaban J connectivity index is 1.30. The van der Waals surface area contributed by atoms with Gasteiger partial charge < -0.3 is 9.84 Å². The number of benzene rings is 1. The number of hydrogen-bond acceptors (Lipinski definition) is 3. The fourth-order valence-electron chi connectivity index (χ4n) is 5.68. The predicted molar refractivity (Wildman–Crippen MR) is 132 cm³/mol. The molecular formula is C29H39NO3. The highest BCUT2D eigenvalue weighted by molar-refractivity contribution is 5.70.